The van der Waals surface area contributed by atoms with E-state index in [0.717, 1.165) is 35.2 Å². The van der Waals surface area contributed by atoms with Crippen LogP contribution in [0.1, 0.15) is 40.3 Å². The van der Waals surface area contributed by atoms with E-state index >= 15 is 0 Å². The van der Waals surface area contributed by atoms with Crippen molar-refractivity contribution in [2.45, 2.75) is 58.4 Å². The van der Waals surface area contributed by atoms with Gasteiger partial charge >= 0.3 is 0 Å². The molecule has 144 valence electrons. The molecule has 0 radical (unpaired) electrons. The van der Waals surface area contributed by atoms with Crippen molar-refractivity contribution >= 4 is 36.7 Å². The average Bonchev–Trinajstić information content (AvgIpc) is 3.09. The highest BCUT2D eigenvalue weighted by Crippen LogP contribution is 2.33. The molecule has 3 heterocycles. The van der Waals surface area contributed by atoms with Gasteiger partial charge in [-0.05, 0) is 44.1 Å². The molecule has 0 unspecified atom stereocenters. The van der Waals surface area contributed by atoms with Gasteiger partial charge in [0.05, 0.1) is 28.9 Å². The van der Waals surface area contributed by atoms with Gasteiger partial charge < -0.3 is 4.43 Å². The number of hydrogen-bond acceptors (Lipinski definition) is 5. The highest BCUT2D eigenvalue weighted by Gasteiger charge is 2.37. The van der Waals surface area contributed by atoms with Crippen molar-refractivity contribution in [3.05, 3.63) is 40.2 Å². The summed E-state index contributed by atoms with van der Waals surface area (Å²) in [6.07, 6.45) is 5.57. The van der Waals surface area contributed by atoms with Gasteiger partial charge in [-0.15, -0.1) is 0 Å². The van der Waals surface area contributed by atoms with Crippen LogP contribution in [0.3, 0.4) is 0 Å². The van der Waals surface area contributed by atoms with Crippen LogP contribution in [-0.2, 0) is 10.0 Å². The van der Waals surface area contributed by atoms with Crippen molar-refractivity contribution in [2.24, 2.45) is 0 Å². The molecule has 0 bridgehead atoms. The largest absolute Gasteiger partial charge is 0.406 e. The quantitative estimate of drug-likeness (QED) is 0.261. The number of imidazole rings is 1. The van der Waals surface area contributed by atoms with Crippen LogP contribution in [0.2, 0.25) is 18.1 Å². The Hall–Kier alpha value is -1.39. The maximum Gasteiger partial charge on any atom is 0.234 e. The Balaban J connectivity index is 1.98. The van der Waals surface area contributed by atoms with Crippen LogP contribution in [0.15, 0.2) is 30.7 Å². The highest BCUT2D eigenvalue weighted by atomic mass is 127. The van der Waals surface area contributed by atoms with Gasteiger partial charge in [0.15, 0.2) is 12.1 Å². The van der Waals surface area contributed by atoms with Crippen LogP contribution < -0.4 is 0 Å². The van der Waals surface area contributed by atoms with Gasteiger partial charge in [0.25, 0.3) is 0 Å². The second-order valence-corrected chi connectivity index (χ2v) is 12.8. The van der Waals surface area contributed by atoms with Crippen molar-refractivity contribution < 1.29 is 4.43 Å². The van der Waals surface area contributed by atoms with Gasteiger partial charge in [-0.3, -0.25) is 4.40 Å². The van der Waals surface area contributed by atoms with E-state index in [-0.39, 0.29) is 0 Å². The maximum absolute atomic E-state index is 6.73. The summed E-state index contributed by atoms with van der Waals surface area (Å²) >= 11 is 2.11. The van der Waals surface area contributed by atoms with Gasteiger partial charge in [-0.1, -0.05) is 20.8 Å². The normalized spacial score (nSPS) is 12.7. The second-order valence-electron chi connectivity index (χ2n) is 7.19. The summed E-state index contributed by atoms with van der Waals surface area (Å²) in [5.41, 5.74) is 2.22. The summed E-state index contributed by atoms with van der Waals surface area (Å²) in [6, 6.07) is 7.27. The molecule has 0 saturated carbocycles. The Labute approximate surface area is 175 Å². The number of nitrogens with zero attached hydrogens (tertiary/aromatic N) is 5. The van der Waals surface area contributed by atoms with Gasteiger partial charge in [-0.25, -0.2) is 19.9 Å². The molecule has 0 spiro atoms. The third-order valence-corrected chi connectivity index (χ3v) is 10.6. The first-order chi connectivity index (χ1) is 12.8. The van der Waals surface area contributed by atoms with Gasteiger partial charge in [0.2, 0.25) is 5.78 Å². The van der Waals surface area contributed by atoms with Gasteiger partial charge in [-0.2, -0.15) is 0 Å². The van der Waals surface area contributed by atoms with E-state index < -0.39 is 13.9 Å². The predicted octanol–water partition coefficient (Wildman–Crippen LogP) is 5.05. The minimum atomic E-state index is -1.74. The average molecular weight is 495 g/mol. The van der Waals surface area contributed by atoms with Crippen molar-refractivity contribution in [1.82, 2.24) is 24.3 Å². The van der Waals surface area contributed by atoms with Crippen LogP contribution in [0.25, 0.3) is 17.2 Å². The van der Waals surface area contributed by atoms with Crippen LogP contribution in [0.4, 0.5) is 0 Å². The van der Waals surface area contributed by atoms with E-state index in [2.05, 4.69) is 72.2 Å². The molecular formula is C19H26IN5OSi. The van der Waals surface area contributed by atoms with Crippen molar-refractivity contribution in [3.63, 3.8) is 0 Å². The molecule has 6 nitrogen and oxygen atoms in total. The first kappa shape index (κ1) is 20.3. The molecule has 27 heavy (non-hydrogen) atoms. The molecule has 0 saturated heterocycles. The van der Waals surface area contributed by atoms with Crippen molar-refractivity contribution in [1.29, 1.82) is 0 Å². The minimum absolute atomic E-state index is 0.438. The fourth-order valence-corrected chi connectivity index (χ4v) is 6.97. The number of hydrogen-bond donors (Lipinski definition) is 0. The van der Waals surface area contributed by atoms with Gasteiger partial charge in [0.1, 0.15) is 0 Å². The molecular weight excluding hydrogens is 469 g/mol. The fourth-order valence-electron chi connectivity index (χ4n) is 3.43. The molecule has 3 rings (SSSR count). The van der Waals surface area contributed by atoms with E-state index in [1.54, 1.807) is 6.20 Å². The fraction of sp³-hybridized carbons (Fsp3) is 0.474. The smallest absolute Gasteiger partial charge is 0.234 e. The Kier molecular flexibility index (Phi) is 5.97. The van der Waals surface area contributed by atoms with Crippen LogP contribution in [0.5, 0.6) is 0 Å². The van der Waals surface area contributed by atoms with E-state index in [1.165, 1.54) is 0 Å². The third kappa shape index (κ3) is 4.07. The molecule has 0 amide bonds. The Morgan fingerprint density at radius 3 is 2.41 bits per heavy atom. The van der Waals surface area contributed by atoms with E-state index in [4.69, 9.17) is 9.41 Å². The molecule has 8 heteroatoms. The van der Waals surface area contributed by atoms with E-state index in [9.17, 15) is 0 Å². The zero-order valence-electron chi connectivity index (χ0n) is 16.5. The lowest BCUT2D eigenvalue weighted by molar-refractivity contribution is 0.0894. The molecule has 0 aliphatic heterocycles. The van der Waals surface area contributed by atoms with Crippen LogP contribution in [-0.4, -0.2) is 32.7 Å². The summed E-state index contributed by atoms with van der Waals surface area (Å²) in [6.45, 7) is 11.0. The number of fused-ring (bicyclic) bond motifs is 1. The molecule has 0 N–H and O–H groups in total. The van der Waals surface area contributed by atoms with Crippen LogP contribution in [0, 0.1) is 3.83 Å². The molecule has 0 aromatic carbocycles. The molecule has 3 aromatic heterocycles. The lowest BCUT2D eigenvalue weighted by Crippen LogP contribution is -2.43. The van der Waals surface area contributed by atoms with E-state index in [1.807, 2.05) is 28.9 Å². The molecule has 3 aromatic rings. The molecule has 0 fully saturated rings. The first-order valence-corrected chi connectivity index (χ1v) is 13.0. The zero-order valence-corrected chi connectivity index (χ0v) is 19.7. The monoisotopic (exact) mass is 495 g/mol. The Morgan fingerprint density at radius 2 is 1.78 bits per heavy atom. The number of aromatic nitrogens is 5. The molecule has 0 atom stereocenters. The molecule has 0 aliphatic rings. The third-order valence-electron chi connectivity index (χ3n) is 5.29. The number of rotatable bonds is 7. The SMILES string of the molecule is CC[Si](CC)(CC)OC(C)(C)c1ccn2c(-c3ccnc(I)n3)cnc2n1. The molecule has 0 aliphatic carbocycles. The summed E-state index contributed by atoms with van der Waals surface area (Å²) in [5, 5.41) is 0. The first-order valence-electron chi connectivity index (χ1n) is 9.38. The topological polar surface area (TPSA) is 65.2 Å². The maximum atomic E-state index is 6.73. The predicted molar refractivity (Wildman–Crippen MR) is 118 cm³/mol. The zero-order chi connectivity index (χ0) is 19.7. The van der Waals surface area contributed by atoms with Gasteiger partial charge in [0, 0.05) is 35.0 Å². The standard InChI is InChI=1S/C19H26IN5OSi/c1-6-27(7-2,8-3)26-19(4,5)16-10-12-25-15(13-22-18(25)24-16)14-9-11-21-17(20)23-14/h9-13H,6-8H2,1-5H3. The summed E-state index contributed by atoms with van der Waals surface area (Å²) < 4.78 is 9.40. The lowest BCUT2D eigenvalue weighted by atomic mass is 10.1. The highest BCUT2D eigenvalue weighted by molar-refractivity contribution is 14.1. The Morgan fingerprint density at radius 1 is 1.07 bits per heavy atom. The Bertz CT molecular complexity index is 930. The lowest BCUT2D eigenvalue weighted by Gasteiger charge is -2.37. The summed E-state index contributed by atoms with van der Waals surface area (Å²) in [4.78, 5) is 17.9. The van der Waals surface area contributed by atoms with E-state index in [0.29, 0.717) is 9.61 Å². The number of halogens is 1. The summed E-state index contributed by atoms with van der Waals surface area (Å²) in [5.74, 6) is 0.657. The summed E-state index contributed by atoms with van der Waals surface area (Å²) in [7, 11) is -1.74. The van der Waals surface area contributed by atoms with Crippen molar-refractivity contribution in [2.75, 3.05) is 0 Å². The van der Waals surface area contributed by atoms with Crippen LogP contribution >= 0.6 is 22.6 Å². The minimum Gasteiger partial charge on any atom is -0.406 e. The van der Waals surface area contributed by atoms with Crippen molar-refractivity contribution in [3.8, 4) is 11.4 Å². The second kappa shape index (κ2) is 7.92.